The molecule has 1 aliphatic carbocycles. The number of amides is 1. The van der Waals surface area contributed by atoms with Gasteiger partial charge in [-0.3, -0.25) is 4.79 Å². The third-order valence-electron chi connectivity index (χ3n) is 2.16. The van der Waals surface area contributed by atoms with Gasteiger partial charge in [0.05, 0.1) is 0 Å². The molecule has 2 rings (SSSR count). The summed E-state index contributed by atoms with van der Waals surface area (Å²) in [7, 11) is 1.67. The van der Waals surface area contributed by atoms with Crippen LogP contribution in [0.5, 0.6) is 0 Å². The van der Waals surface area contributed by atoms with Crippen molar-refractivity contribution in [3.05, 3.63) is 23.8 Å². The Morgan fingerprint density at radius 1 is 1.67 bits per heavy atom. The maximum Gasteiger partial charge on any atom is 0.270 e. The molecular formula is C9H10N2O. The molecule has 0 radical (unpaired) electrons. The first-order valence-corrected chi connectivity index (χ1v) is 3.98. The van der Waals surface area contributed by atoms with Crippen molar-refractivity contribution in [2.24, 2.45) is 11.0 Å². The number of likely N-dealkylation sites (N-methyl/N-ethyl adjacent to an activating group) is 1. The number of allylic oxidation sites excluding steroid dienone is 3. The van der Waals surface area contributed by atoms with Crippen molar-refractivity contribution in [3.63, 3.8) is 0 Å². The molecule has 0 aromatic carbocycles. The Morgan fingerprint density at radius 2 is 2.50 bits per heavy atom. The first kappa shape index (κ1) is 7.28. The summed E-state index contributed by atoms with van der Waals surface area (Å²) in [4.78, 5) is 11.5. The number of carbonyl (C=O) groups is 1. The zero-order valence-electron chi connectivity index (χ0n) is 6.90. The average Bonchev–Trinajstić information content (AvgIpc) is 2.12. The van der Waals surface area contributed by atoms with E-state index in [4.69, 9.17) is 0 Å². The van der Waals surface area contributed by atoms with E-state index in [2.05, 4.69) is 11.2 Å². The van der Waals surface area contributed by atoms with Crippen LogP contribution in [0, 0.1) is 5.92 Å². The first-order chi connectivity index (χ1) is 5.79. The van der Waals surface area contributed by atoms with Gasteiger partial charge in [-0.1, -0.05) is 18.2 Å². The van der Waals surface area contributed by atoms with Crippen LogP contribution < -0.4 is 0 Å². The Bertz CT molecular complexity index is 302. The molecule has 3 nitrogen and oxygen atoms in total. The highest BCUT2D eigenvalue weighted by atomic mass is 16.2. The second kappa shape index (κ2) is 2.59. The highest BCUT2D eigenvalue weighted by Crippen LogP contribution is 2.23. The van der Waals surface area contributed by atoms with E-state index < -0.39 is 0 Å². The Hall–Kier alpha value is -1.38. The Balaban J connectivity index is 2.39. The average molecular weight is 162 g/mol. The summed E-state index contributed by atoms with van der Waals surface area (Å²) in [5, 5.41) is 5.36. The number of fused-ring (bicyclic) bond motifs is 1. The number of nitrogens with zero attached hydrogens (tertiary/aromatic N) is 2. The Labute approximate surface area is 71.1 Å². The molecule has 0 aromatic rings. The van der Waals surface area contributed by atoms with E-state index in [-0.39, 0.29) is 11.8 Å². The number of hydrazone groups is 1. The van der Waals surface area contributed by atoms with E-state index in [0.29, 0.717) is 0 Å². The number of carbonyl (C=O) groups excluding carboxylic acids is 1. The third kappa shape index (κ3) is 0.978. The second-order valence-corrected chi connectivity index (χ2v) is 2.99. The SMILES string of the molecule is CN1N=CC2CC=CC=C2C1=O. The maximum absolute atomic E-state index is 11.5. The molecule has 1 aliphatic heterocycles. The maximum atomic E-state index is 11.5. The van der Waals surface area contributed by atoms with E-state index in [9.17, 15) is 4.79 Å². The molecule has 1 amide bonds. The molecule has 0 N–H and O–H groups in total. The molecule has 0 aromatic heterocycles. The summed E-state index contributed by atoms with van der Waals surface area (Å²) in [6.07, 6.45) is 8.58. The lowest BCUT2D eigenvalue weighted by atomic mass is 9.91. The molecular weight excluding hydrogens is 152 g/mol. The zero-order chi connectivity index (χ0) is 8.55. The van der Waals surface area contributed by atoms with Gasteiger partial charge in [-0.2, -0.15) is 5.10 Å². The van der Waals surface area contributed by atoms with Crippen molar-refractivity contribution >= 4 is 12.1 Å². The normalized spacial score (nSPS) is 27.1. The number of hydrogen-bond donors (Lipinski definition) is 0. The predicted molar refractivity (Wildman–Crippen MR) is 46.6 cm³/mol. The smallest absolute Gasteiger partial charge is 0.267 e. The van der Waals surface area contributed by atoms with Gasteiger partial charge in [0.2, 0.25) is 0 Å². The van der Waals surface area contributed by atoms with E-state index in [1.54, 1.807) is 7.05 Å². The lowest BCUT2D eigenvalue weighted by Crippen LogP contribution is -2.32. The van der Waals surface area contributed by atoms with Crippen molar-refractivity contribution in [2.45, 2.75) is 6.42 Å². The van der Waals surface area contributed by atoms with E-state index in [1.807, 2.05) is 18.4 Å². The van der Waals surface area contributed by atoms with Gasteiger partial charge in [0.25, 0.3) is 5.91 Å². The Kier molecular flexibility index (Phi) is 1.57. The number of rotatable bonds is 0. The summed E-state index contributed by atoms with van der Waals surface area (Å²) in [5.41, 5.74) is 0.856. The van der Waals surface area contributed by atoms with Crippen LogP contribution in [-0.2, 0) is 4.79 Å². The van der Waals surface area contributed by atoms with Gasteiger partial charge in [-0.25, -0.2) is 5.01 Å². The van der Waals surface area contributed by atoms with Crippen molar-refractivity contribution in [1.82, 2.24) is 5.01 Å². The predicted octanol–water partition coefficient (Wildman–Crippen LogP) is 0.947. The summed E-state index contributed by atoms with van der Waals surface area (Å²) in [5.74, 6) is 0.227. The lowest BCUT2D eigenvalue weighted by Gasteiger charge is -2.24. The van der Waals surface area contributed by atoms with Crippen LogP contribution in [0.3, 0.4) is 0 Å². The van der Waals surface area contributed by atoms with Gasteiger partial charge in [-0.15, -0.1) is 0 Å². The second-order valence-electron chi connectivity index (χ2n) is 2.99. The molecule has 1 unspecified atom stereocenters. The standard InChI is InChI=1S/C9H10N2O/c1-11-9(12)8-5-3-2-4-7(8)6-10-11/h2-3,5-7H,4H2,1H3. The van der Waals surface area contributed by atoms with Gasteiger partial charge < -0.3 is 0 Å². The fraction of sp³-hybridized carbons (Fsp3) is 0.333. The fourth-order valence-electron chi connectivity index (χ4n) is 1.44. The highest BCUT2D eigenvalue weighted by Gasteiger charge is 2.26. The minimum atomic E-state index is 0.0202. The van der Waals surface area contributed by atoms with Crippen LogP contribution >= 0.6 is 0 Å². The van der Waals surface area contributed by atoms with Crippen LogP contribution in [0.1, 0.15) is 6.42 Å². The largest absolute Gasteiger partial charge is 0.270 e. The number of hydrogen-bond acceptors (Lipinski definition) is 2. The zero-order valence-corrected chi connectivity index (χ0v) is 6.90. The molecule has 0 spiro atoms. The highest BCUT2D eigenvalue weighted by molar-refractivity contribution is 6.00. The van der Waals surface area contributed by atoms with E-state index >= 15 is 0 Å². The lowest BCUT2D eigenvalue weighted by molar-refractivity contribution is -0.126. The topological polar surface area (TPSA) is 32.7 Å². The van der Waals surface area contributed by atoms with Gasteiger partial charge in [0, 0.05) is 24.8 Å². The molecule has 3 heteroatoms. The van der Waals surface area contributed by atoms with Crippen LogP contribution in [-0.4, -0.2) is 24.2 Å². The van der Waals surface area contributed by atoms with Crippen molar-refractivity contribution in [2.75, 3.05) is 7.05 Å². The Morgan fingerprint density at radius 3 is 3.33 bits per heavy atom. The molecule has 1 atom stereocenters. The monoisotopic (exact) mass is 162 g/mol. The minimum Gasteiger partial charge on any atom is -0.267 e. The van der Waals surface area contributed by atoms with Crippen molar-refractivity contribution < 1.29 is 4.79 Å². The summed E-state index contributed by atoms with van der Waals surface area (Å²) < 4.78 is 0. The van der Waals surface area contributed by atoms with Crippen molar-refractivity contribution in [3.8, 4) is 0 Å². The molecule has 2 aliphatic rings. The van der Waals surface area contributed by atoms with Gasteiger partial charge >= 0.3 is 0 Å². The molecule has 1 heterocycles. The molecule has 0 saturated carbocycles. The van der Waals surface area contributed by atoms with E-state index in [0.717, 1.165) is 12.0 Å². The van der Waals surface area contributed by atoms with Gasteiger partial charge in [-0.05, 0) is 6.42 Å². The third-order valence-corrected chi connectivity index (χ3v) is 2.16. The van der Waals surface area contributed by atoms with Crippen LogP contribution in [0.2, 0.25) is 0 Å². The quantitative estimate of drug-likeness (QED) is 0.522. The van der Waals surface area contributed by atoms with Gasteiger partial charge in [0.1, 0.15) is 0 Å². The minimum absolute atomic E-state index is 0.0202. The molecule has 0 bridgehead atoms. The molecule has 0 fully saturated rings. The van der Waals surface area contributed by atoms with E-state index in [1.165, 1.54) is 5.01 Å². The summed E-state index contributed by atoms with van der Waals surface area (Å²) in [6, 6.07) is 0. The van der Waals surface area contributed by atoms with Gasteiger partial charge in [0.15, 0.2) is 0 Å². The molecule has 62 valence electrons. The fourth-order valence-corrected chi connectivity index (χ4v) is 1.44. The van der Waals surface area contributed by atoms with Crippen LogP contribution in [0.4, 0.5) is 0 Å². The summed E-state index contributed by atoms with van der Waals surface area (Å²) >= 11 is 0. The van der Waals surface area contributed by atoms with Crippen LogP contribution in [0.15, 0.2) is 28.9 Å². The van der Waals surface area contributed by atoms with Crippen molar-refractivity contribution in [1.29, 1.82) is 0 Å². The van der Waals surface area contributed by atoms with Crippen LogP contribution in [0.25, 0.3) is 0 Å². The molecule has 0 saturated heterocycles. The first-order valence-electron chi connectivity index (χ1n) is 3.98. The molecule has 12 heavy (non-hydrogen) atoms. The summed E-state index contributed by atoms with van der Waals surface area (Å²) in [6.45, 7) is 0.